The van der Waals surface area contributed by atoms with Gasteiger partial charge in [0.15, 0.2) is 0 Å². The number of likely N-dealkylation sites (N-methyl/N-ethyl adjacent to an activating group) is 1. The first-order chi connectivity index (χ1) is 6.76. The van der Waals surface area contributed by atoms with Gasteiger partial charge in [0.05, 0.1) is 6.54 Å². The molecule has 14 heavy (non-hydrogen) atoms. The van der Waals surface area contributed by atoms with Gasteiger partial charge in [-0.3, -0.25) is 4.79 Å². The quantitative estimate of drug-likeness (QED) is 0.495. The molecule has 0 fully saturated rings. The van der Waals surface area contributed by atoms with E-state index in [1.807, 2.05) is 31.7 Å². The molecule has 82 valence electrons. The molecule has 1 amide bonds. The summed E-state index contributed by atoms with van der Waals surface area (Å²) in [6.07, 6.45) is 5.10. The molecule has 0 aromatic carbocycles. The highest BCUT2D eigenvalue weighted by atomic mass is 16.2. The lowest BCUT2D eigenvalue weighted by molar-refractivity contribution is -0.129. The molecule has 0 saturated heterocycles. The largest absolute Gasteiger partial charge is 0.342 e. The molecule has 0 aromatic heterocycles. The van der Waals surface area contributed by atoms with E-state index in [1.54, 1.807) is 0 Å². The third kappa shape index (κ3) is 5.75. The summed E-state index contributed by atoms with van der Waals surface area (Å²) in [6, 6.07) is 0. The number of amides is 1. The van der Waals surface area contributed by atoms with E-state index in [0.29, 0.717) is 6.54 Å². The van der Waals surface area contributed by atoms with Crippen LogP contribution in [0.25, 0.3) is 0 Å². The van der Waals surface area contributed by atoms with Crippen LogP contribution >= 0.6 is 0 Å². The minimum absolute atomic E-state index is 0.190. The van der Waals surface area contributed by atoms with Crippen LogP contribution in [0.4, 0.5) is 0 Å². The van der Waals surface area contributed by atoms with Crippen molar-refractivity contribution >= 4 is 5.91 Å². The number of carbonyl (C=O) groups excluding carboxylic acids is 1. The van der Waals surface area contributed by atoms with Crippen molar-refractivity contribution in [3.63, 3.8) is 0 Å². The van der Waals surface area contributed by atoms with Gasteiger partial charge in [0.2, 0.25) is 5.91 Å². The first kappa shape index (κ1) is 13.2. The number of rotatable bonds is 7. The van der Waals surface area contributed by atoms with Gasteiger partial charge in [-0.15, -0.1) is 0 Å². The van der Waals surface area contributed by atoms with Crippen molar-refractivity contribution in [3.8, 4) is 0 Å². The van der Waals surface area contributed by atoms with Crippen molar-refractivity contribution in [2.45, 2.75) is 27.2 Å². The van der Waals surface area contributed by atoms with Gasteiger partial charge in [-0.1, -0.05) is 12.2 Å². The summed E-state index contributed by atoms with van der Waals surface area (Å²) < 4.78 is 0. The first-order valence-electron chi connectivity index (χ1n) is 5.35. The van der Waals surface area contributed by atoms with Crippen LogP contribution in [0.5, 0.6) is 0 Å². The number of hydrogen-bond acceptors (Lipinski definition) is 2. The first-order valence-corrected chi connectivity index (χ1v) is 5.35. The number of nitrogens with zero attached hydrogens (tertiary/aromatic N) is 1. The molecule has 0 unspecified atom stereocenters. The Morgan fingerprint density at radius 1 is 1.36 bits per heavy atom. The van der Waals surface area contributed by atoms with E-state index < -0.39 is 0 Å². The molecule has 0 rings (SSSR count). The second-order valence-electron chi connectivity index (χ2n) is 3.10. The normalized spacial score (nSPS) is 10.8. The predicted molar refractivity (Wildman–Crippen MR) is 60.2 cm³/mol. The molecular formula is C11H22N2O. The van der Waals surface area contributed by atoms with E-state index in [2.05, 4.69) is 11.4 Å². The Bertz CT molecular complexity index is 174. The van der Waals surface area contributed by atoms with Crippen molar-refractivity contribution in [1.29, 1.82) is 0 Å². The van der Waals surface area contributed by atoms with Crippen LogP contribution in [0.15, 0.2) is 12.2 Å². The van der Waals surface area contributed by atoms with E-state index in [-0.39, 0.29) is 5.91 Å². The highest BCUT2D eigenvalue weighted by Crippen LogP contribution is 1.87. The summed E-state index contributed by atoms with van der Waals surface area (Å²) in [5, 5.41) is 3.13. The third-order valence-electron chi connectivity index (χ3n) is 2.12. The van der Waals surface area contributed by atoms with Crippen LogP contribution < -0.4 is 5.32 Å². The van der Waals surface area contributed by atoms with E-state index in [1.165, 1.54) is 0 Å². The molecule has 0 saturated carbocycles. The van der Waals surface area contributed by atoms with Crippen molar-refractivity contribution in [2.75, 3.05) is 26.2 Å². The van der Waals surface area contributed by atoms with E-state index in [4.69, 9.17) is 0 Å². The molecule has 3 nitrogen and oxygen atoms in total. The lowest BCUT2D eigenvalue weighted by Gasteiger charge is -2.18. The second-order valence-corrected chi connectivity index (χ2v) is 3.10. The minimum atomic E-state index is 0.190. The average molecular weight is 198 g/mol. The van der Waals surface area contributed by atoms with Gasteiger partial charge in [-0.25, -0.2) is 0 Å². The summed E-state index contributed by atoms with van der Waals surface area (Å²) in [6.45, 7) is 8.93. The maximum Gasteiger partial charge on any atom is 0.236 e. The van der Waals surface area contributed by atoms with Crippen molar-refractivity contribution in [2.24, 2.45) is 0 Å². The van der Waals surface area contributed by atoms with Gasteiger partial charge in [0.1, 0.15) is 0 Å². The molecule has 0 bridgehead atoms. The Morgan fingerprint density at radius 3 is 2.50 bits per heavy atom. The lowest BCUT2D eigenvalue weighted by atomic mass is 10.3. The summed E-state index contributed by atoms with van der Waals surface area (Å²) in [5.41, 5.74) is 0. The van der Waals surface area contributed by atoms with Crippen molar-refractivity contribution in [3.05, 3.63) is 12.2 Å². The molecule has 0 aromatic rings. The molecule has 0 heterocycles. The SMILES string of the molecule is C/C=C/CCNCC(=O)N(CC)CC. The van der Waals surface area contributed by atoms with Crippen LogP contribution in [-0.4, -0.2) is 37.0 Å². The summed E-state index contributed by atoms with van der Waals surface area (Å²) in [5.74, 6) is 0.190. The van der Waals surface area contributed by atoms with Crippen molar-refractivity contribution < 1.29 is 4.79 Å². The molecule has 0 radical (unpaired) electrons. The zero-order valence-electron chi connectivity index (χ0n) is 9.55. The predicted octanol–water partition coefficient (Wildman–Crippen LogP) is 1.41. The Balaban J connectivity index is 3.52. The van der Waals surface area contributed by atoms with E-state index >= 15 is 0 Å². The summed E-state index contributed by atoms with van der Waals surface area (Å²) in [4.78, 5) is 13.3. The van der Waals surface area contributed by atoms with Crippen LogP contribution in [0, 0.1) is 0 Å². The highest BCUT2D eigenvalue weighted by molar-refractivity contribution is 5.78. The molecule has 0 spiro atoms. The minimum Gasteiger partial charge on any atom is -0.342 e. The van der Waals surface area contributed by atoms with Gasteiger partial charge in [-0.05, 0) is 33.7 Å². The molecule has 0 aliphatic carbocycles. The van der Waals surface area contributed by atoms with Gasteiger partial charge in [-0.2, -0.15) is 0 Å². The Hall–Kier alpha value is -0.830. The topological polar surface area (TPSA) is 32.3 Å². The van der Waals surface area contributed by atoms with E-state index in [0.717, 1.165) is 26.1 Å². The molecule has 0 aliphatic rings. The number of allylic oxidation sites excluding steroid dienone is 1. The fourth-order valence-corrected chi connectivity index (χ4v) is 1.24. The Labute approximate surface area is 87.2 Å². The Kier molecular flexibility index (Phi) is 8.24. The maximum atomic E-state index is 11.5. The maximum absolute atomic E-state index is 11.5. The van der Waals surface area contributed by atoms with Crippen LogP contribution in [0.2, 0.25) is 0 Å². The summed E-state index contributed by atoms with van der Waals surface area (Å²) >= 11 is 0. The van der Waals surface area contributed by atoms with E-state index in [9.17, 15) is 4.79 Å². The van der Waals surface area contributed by atoms with Gasteiger partial charge >= 0.3 is 0 Å². The van der Waals surface area contributed by atoms with Crippen LogP contribution in [-0.2, 0) is 4.79 Å². The lowest BCUT2D eigenvalue weighted by Crippen LogP contribution is -2.38. The molecule has 3 heteroatoms. The standard InChI is InChI=1S/C11H22N2O/c1-4-7-8-9-12-10-11(14)13(5-2)6-3/h4,7,12H,5-6,8-10H2,1-3H3/b7-4+. The number of hydrogen-bond donors (Lipinski definition) is 1. The fraction of sp³-hybridized carbons (Fsp3) is 0.727. The van der Waals surface area contributed by atoms with Gasteiger partial charge in [0.25, 0.3) is 0 Å². The van der Waals surface area contributed by atoms with Crippen LogP contribution in [0.1, 0.15) is 27.2 Å². The van der Waals surface area contributed by atoms with Gasteiger partial charge < -0.3 is 10.2 Å². The fourth-order valence-electron chi connectivity index (χ4n) is 1.24. The van der Waals surface area contributed by atoms with Gasteiger partial charge in [0, 0.05) is 13.1 Å². The zero-order chi connectivity index (χ0) is 10.8. The van der Waals surface area contributed by atoms with Crippen LogP contribution in [0.3, 0.4) is 0 Å². The molecule has 0 aliphatic heterocycles. The van der Waals surface area contributed by atoms with Crippen molar-refractivity contribution in [1.82, 2.24) is 10.2 Å². The Morgan fingerprint density at radius 2 is 2.00 bits per heavy atom. The average Bonchev–Trinajstić information content (AvgIpc) is 2.19. The molecule has 1 N–H and O–H groups in total. The zero-order valence-corrected chi connectivity index (χ0v) is 9.55. The second kappa shape index (κ2) is 8.75. The molecular weight excluding hydrogens is 176 g/mol. The highest BCUT2D eigenvalue weighted by Gasteiger charge is 2.07. The summed E-state index contributed by atoms with van der Waals surface area (Å²) in [7, 11) is 0. The third-order valence-corrected chi connectivity index (χ3v) is 2.12. The monoisotopic (exact) mass is 198 g/mol. The molecule has 0 atom stereocenters. The number of nitrogens with one attached hydrogen (secondary N) is 1. The smallest absolute Gasteiger partial charge is 0.236 e. The number of carbonyl (C=O) groups is 1.